The zero-order valence-electron chi connectivity index (χ0n) is 12.9. The molecule has 7 nitrogen and oxygen atoms in total. The molecule has 0 bridgehead atoms. The molecular formula is C16H15N5O2. The zero-order chi connectivity index (χ0) is 16.0. The SMILES string of the molecule is Cc1cc(C)n2nc(C(=O)N3CCOc4ccccc43)nc2n1. The highest BCUT2D eigenvalue weighted by molar-refractivity contribution is 6.04. The molecule has 0 N–H and O–H groups in total. The van der Waals surface area contributed by atoms with Crippen molar-refractivity contribution in [3.05, 3.63) is 47.5 Å². The van der Waals surface area contributed by atoms with Gasteiger partial charge in [-0.25, -0.2) is 9.50 Å². The average molecular weight is 309 g/mol. The van der Waals surface area contributed by atoms with Crippen molar-refractivity contribution in [2.45, 2.75) is 13.8 Å². The first-order valence-electron chi connectivity index (χ1n) is 7.38. The van der Waals surface area contributed by atoms with Crippen molar-refractivity contribution in [3.63, 3.8) is 0 Å². The number of rotatable bonds is 1. The number of fused-ring (bicyclic) bond motifs is 2. The lowest BCUT2D eigenvalue weighted by molar-refractivity contribution is 0.0967. The van der Waals surface area contributed by atoms with E-state index in [4.69, 9.17) is 4.74 Å². The van der Waals surface area contributed by atoms with Crippen LogP contribution in [0.5, 0.6) is 5.75 Å². The van der Waals surface area contributed by atoms with Crippen molar-refractivity contribution < 1.29 is 9.53 Å². The molecule has 116 valence electrons. The molecule has 7 heteroatoms. The maximum absolute atomic E-state index is 12.8. The number of aryl methyl sites for hydroxylation is 2. The molecule has 3 heterocycles. The number of hydrogen-bond donors (Lipinski definition) is 0. The number of benzene rings is 1. The molecular weight excluding hydrogens is 294 g/mol. The molecule has 0 saturated carbocycles. The topological polar surface area (TPSA) is 72.6 Å². The van der Waals surface area contributed by atoms with Gasteiger partial charge >= 0.3 is 0 Å². The fourth-order valence-electron chi connectivity index (χ4n) is 2.76. The summed E-state index contributed by atoms with van der Waals surface area (Å²) >= 11 is 0. The highest BCUT2D eigenvalue weighted by Gasteiger charge is 2.27. The highest BCUT2D eigenvalue weighted by Crippen LogP contribution is 2.31. The van der Waals surface area contributed by atoms with Crippen LogP contribution >= 0.6 is 0 Å². The van der Waals surface area contributed by atoms with Crippen molar-refractivity contribution in [1.29, 1.82) is 0 Å². The summed E-state index contributed by atoms with van der Waals surface area (Å²) in [7, 11) is 0. The van der Waals surface area contributed by atoms with Gasteiger partial charge in [-0.15, -0.1) is 5.10 Å². The summed E-state index contributed by atoms with van der Waals surface area (Å²) in [6.07, 6.45) is 0. The first-order chi connectivity index (χ1) is 11.1. The van der Waals surface area contributed by atoms with E-state index in [1.54, 1.807) is 9.42 Å². The van der Waals surface area contributed by atoms with E-state index >= 15 is 0 Å². The first kappa shape index (κ1) is 13.7. The van der Waals surface area contributed by atoms with Crippen molar-refractivity contribution in [2.75, 3.05) is 18.1 Å². The van der Waals surface area contributed by atoms with Gasteiger partial charge in [-0.3, -0.25) is 9.69 Å². The van der Waals surface area contributed by atoms with Gasteiger partial charge in [-0.1, -0.05) is 12.1 Å². The van der Waals surface area contributed by atoms with Gasteiger partial charge in [0.2, 0.25) is 5.82 Å². The van der Waals surface area contributed by atoms with Gasteiger partial charge < -0.3 is 4.74 Å². The average Bonchev–Trinajstić information content (AvgIpc) is 2.98. The highest BCUT2D eigenvalue weighted by atomic mass is 16.5. The van der Waals surface area contributed by atoms with Gasteiger partial charge in [0.25, 0.3) is 11.7 Å². The van der Waals surface area contributed by atoms with Crippen molar-refractivity contribution in [3.8, 4) is 5.75 Å². The lowest BCUT2D eigenvalue weighted by Gasteiger charge is -2.28. The molecule has 1 aliphatic heterocycles. The van der Waals surface area contributed by atoms with E-state index < -0.39 is 0 Å². The summed E-state index contributed by atoms with van der Waals surface area (Å²) < 4.78 is 7.17. The van der Waals surface area contributed by atoms with Gasteiger partial charge in [0.1, 0.15) is 12.4 Å². The standard InChI is InChI=1S/C16H15N5O2/c1-10-9-11(2)21-16(17-10)18-14(19-21)15(22)20-7-8-23-13-6-4-3-5-12(13)20/h3-6,9H,7-8H2,1-2H3. The molecule has 2 aromatic heterocycles. The Kier molecular flexibility index (Phi) is 3.00. The van der Waals surface area contributed by atoms with E-state index in [0.29, 0.717) is 24.7 Å². The van der Waals surface area contributed by atoms with Crippen LogP contribution in [-0.4, -0.2) is 38.6 Å². The molecule has 0 radical (unpaired) electrons. The summed E-state index contributed by atoms with van der Waals surface area (Å²) in [5.41, 5.74) is 2.48. The van der Waals surface area contributed by atoms with Crippen LogP contribution in [0.2, 0.25) is 0 Å². The van der Waals surface area contributed by atoms with E-state index in [2.05, 4.69) is 15.1 Å². The number of ether oxygens (including phenoxy) is 1. The van der Waals surface area contributed by atoms with Crippen LogP contribution in [0.15, 0.2) is 30.3 Å². The lowest BCUT2D eigenvalue weighted by Crippen LogP contribution is -2.38. The second-order valence-electron chi connectivity index (χ2n) is 5.46. The van der Waals surface area contributed by atoms with E-state index in [1.807, 2.05) is 44.2 Å². The monoisotopic (exact) mass is 309 g/mol. The van der Waals surface area contributed by atoms with Crippen LogP contribution in [0.1, 0.15) is 22.0 Å². The Hall–Kier alpha value is -2.96. The third-order valence-corrected chi connectivity index (χ3v) is 3.78. The quantitative estimate of drug-likeness (QED) is 0.685. The molecule has 23 heavy (non-hydrogen) atoms. The predicted molar refractivity (Wildman–Crippen MR) is 83.9 cm³/mol. The predicted octanol–water partition coefficient (Wildman–Crippen LogP) is 1.78. The van der Waals surface area contributed by atoms with E-state index in [-0.39, 0.29) is 11.7 Å². The van der Waals surface area contributed by atoms with Gasteiger partial charge in [0.05, 0.1) is 12.2 Å². The number of carbonyl (C=O) groups is 1. The number of nitrogens with zero attached hydrogens (tertiary/aromatic N) is 5. The first-order valence-corrected chi connectivity index (χ1v) is 7.38. The van der Waals surface area contributed by atoms with Crippen LogP contribution in [0.25, 0.3) is 5.78 Å². The molecule has 1 aliphatic rings. The number of aromatic nitrogens is 4. The fourth-order valence-corrected chi connectivity index (χ4v) is 2.76. The number of amides is 1. The van der Waals surface area contributed by atoms with Gasteiger partial charge in [-0.2, -0.15) is 4.98 Å². The molecule has 0 atom stereocenters. The maximum atomic E-state index is 12.8. The molecule has 4 rings (SSSR count). The van der Waals surface area contributed by atoms with E-state index in [0.717, 1.165) is 17.1 Å². The van der Waals surface area contributed by atoms with Crippen LogP contribution in [0.4, 0.5) is 5.69 Å². The molecule has 0 aliphatic carbocycles. The third kappa shape index (κ3) is 2.21. The summed E-state index contributed by atoms with van der Waals surface area (Å²) in [6, 6.07) is 9.36. The summed E-state index contributed by atoms with van der Waals surface area (Å²) in [5.74, 6) is 1.03. The number of carbonyl (C=O) groups excluding carboxylic acids is 1. The molecule has 1 amide bonds. The van der Waals surface area contributed by atoms with Gasteiger partial charge in [-0.05, 0) is 32.0 Å². The van der Waals surface area contributed by atoms with Crippen LogP contribution in [0.3, 0.4) is 0 Å². The minimum atomic E-state index is -0.247. The summed E-state index contributed by atoms with van der Waals surface area (Å²) in [4.78, 5) is 23.1. The van der Waals surface area contributed by atoms with Crippen molar-refractivity contribution >= 4 is 17.4 Å². The van der Waals surface area contributed by atoms with E-state index in [1.165, 1.54) is 0 Å². The number of anilines is 1. The minimum Gasteiger partial charge on any atom is -0.490 e. The minimum absolute atomic E-state index is 0.142. The second-order valence-corrected chi connectivity index (χ2v) is 5.46. The second kappa shape index (κ2) is 5.05. The van der Waals surface area contributed by atoms with Gasteiger partial charge in [0, 0.05) is 11.4 Å². The Balaban J connectivity index is 1.77. The lowest BCUT2D eigenvalue weighted by atomic mass is 10.2. The Bertz CT molecular complexity index is 918. The van der Waals surface area contributed by atoms with Crippen LogP contribution in [0, 0.1) is 13.8 Å². The van der Waals surface area contributed by atoms with E-state index in [9.17, 15) is 4.79 Å². The Morgan fingerprint density at radius 2 is 2.04 bits per heavy atom. The molecule has 3 aromatic rings. The summed E-state index contributed by atoms with van der Waals surface area (Å²) in [5, 5.41) is 4.31. The molecule has 0 fully saturated rings. The Morgan fingerprint density at radius 3 is 2.91 bits per heavy atom. The molecule has 0 spiro atoms. The Labute approximate surface area is 132 Å². The largest absolute Gasteiger partial charge is 0.490 e. The van der Waals surface area contributed by atoms with Crippen LogP contribution < -0.4 is 9.64 Å². The molecule has 1 aromatic carbocycles. The maximum Gasteiger partial charge on any atom is 0.298 e. The number of para-hydroxylation sites is 2. The zero-order valence-corrected chi connectivity index (χ0v) is 12.9. The fraction of sp³-hybridized carbons (Fsp3) is 0.250. The van der Waals surface area contributed by atoms with Crippen LogP contribution in [-0.2, 0) is 0 Å². The Morgan fingerprint density at radius 1 is 1.22 bits per heavy atom. The van der Waals surface area contributed by atoms with Crippen molar-refractivity contribution in [1.82, 2.24) is 19.6 Å². The van der Waals surface area contributed by atoms with Gasteiger partial charge in [0.15, 0.2) is 0 Å². The third-order valence-electron chi connectivity index (χ3n) is 3.78. The summed E-state index contributed by atoms with van der Waals surface area (Å²) in [6.45, 7) is 4.72. The smallest absolute Gasteiger partial charge is 0.298 e. The molecule has 0 saturated heterocycles. The van der Waals surface area contributed by atoms with Crippen molar-refractivity contribution in [2.24, 2.45) is 0 Å². The normalized spacial score (nSPS) is 13.7. The molecule has 0 unspecified atom stereocenters. The number of hydrogen-bond acceptors (Lipinski definition) is 5.